The molecule has 0 aliphatic rings. The molecule has 3 nitrogen and oxygen atoms in total. The van der Waals surface area contributed by atoms with Crippen LogP contribution in [0.5, 0.6) is 0 Å². The molecule has 1 atom stereocenters. The quantitative estimate of drug-likeness (QED) is 0.840. The molecule has 2 aromatic heterocycles. The molecule has 106 valence electrons. The highest BCUT2D eigenvalue weighted by atomic mass is 35.5. The number of thiophene rings is 1. The maximum atomic E-state index is 13.2. The third-order valence-corrected chi connectivity index (χ3v) is 4.11. The summed E-state index contributed by atoms with van der Waals surface area (Å²) in [5.74, 6) is -0.989. The number of nitrogens with zero attached hydrogens (tertiary/aromatic N) is 1. The van der Waals surface area contributed by atoms with E-state index in [4.69, 9.17) is 11.6 Å². The summed E-state index contributed by atoms with van der Waals surface area (Å²) < 4.78 is 13.2. The minimum Gasteiger partial charge on any atom is -0.344 e. The molecule has 0 fully saturated rings. The smallest absolute Gasteiger partial charge is 0.255 e. The van der Waals surface area contributed by atoms with Crippen molar-refractivity contribution >= 4 is 28.8 Å². The van der Waals surface area contributed by atoms with Gasteiger partial charge in [-0.1, -0.05) is 31.0 Å². The number of hydrogen-bond acceptors (Lipinski definition) is 3. The van der Waals surface area contributed by atoms with Crippen LogP contribution in [0, 0.1) is 5.82 Å². The first-order valence-corrected chi connectivity index (χ1v) is 7.53. The van der Waals surface area contributed by atoms with Crippen molar-refractivity contribution in [1.29, 1.82) is 0 Å². The van der Waals surface area contributed by atoms with Gasteiger partial charge in [0.1, 0.15) is 11.0 Å². The summed E-state index contributed by atoms with van der Waals surface area (Å²) in [6, 6.07) is 4.91. The van der Waals surface area contributed by atoms with Crippen LogP contribution in [0.15, 0.2) is 29.8 Å². The minimum absolute atomic E-state index is 0.00493. The topological polar surface area (TPSA) is 42.0 Å². The molecular formula is C14H14ClFN2OS. The van der Waals surface area contributed by atoms with Gasteiger partial charge in [0.05, 0.1) is 17.8 Å². The Labute approximate surface area is 125 Å². The van der Waals surface area contributed by atoms with E-state index in [-0.39, 0.29) is 16.8 Å². The Morgan fingerprint density at radius 1 is 1.60 bits per heavy atom. The summed E-state index contributed by atoms with van der Waals surface area (Å²) in [4.78, 5) is 16.9. The van der Waals surface area contributed by atoms with E-state index in [1.54, 1.807) is 11.3 Å². The number of hydrogen-bond donors (Lipinski definition) is 1. The highest BCUT2D eigenvalue weighted by Crippen LogP contribution is 2.24. The molecule has 0 bridgehead atoms. The summed E-state index contributed by atoms with van der Waals surface area (Å²) in [6.07, 6.45) is 2.73. The van der Waals surface area contributed by atoms with Crippen LogP contribution in [0.1, 0.15) is 41.0 Å². The van der Waals surface area contributed by atoms with Crippen LogP contribution in [-0.2, 0) is 0 Å². The van der Waals surface area contributed by atoms with Gasteiger partial charge in [-0.25, -0.2) is 9.37 Å². The molecule has 1 unspecified atom stereocenters. The van der Waals surface area contributed by atoms with E-state index in [2.05, 4.69) is 10.3 Å². The van der Waals surface area contributed by atoms with Crippen LogP contribution in [0.25, 0.3) is 0 Å². The molecular weight excluding hydrogens is 299 g/mol. The number of rotatable bonds is 5. The average Bonchev–Trinajstić information content (AvgIpc) is 2.95. The summed E-state index contributed by atoms with van der Waals surface area (Å²) in [5, 5.41) is 4.85. The van der Waals surface area contributed by atoms with Crippen LogP contribution >= 0.6 is 22.9 Å². The predicted octanol–water partition coefficient (Wildman–Crippen LogP) is 4.21. The van der Waals surface area contributed by atoms with Crippen LogP contribution in [0.2, 0.25) is 5.15 Å². The molecule has 0 spiro atoms. The van der Waals surface area contributed by atoms with Gasteiger partial charge < -0.3 is 5.32 Å². The van der Waals surface area contributed by atoms with E-state index >= 15 is 0 Å². The number of aromatic nitrogens is 1. The van der Waals surface area contributed by atoms with Crippen LogP contribution < -0.4 is 5.32 Å². The predicted molar refractivity (Wildman–Crippen MR) is 78.6 cm³/mol. The largest absolute Gasteiger partial charge is 0.344 e. The lowest BCUT2D eigenvalue weighted by Crippen LogP contribution is -2.28. The molecule has 0 saturated carbocycles. The lowest BCUT2D eigenvalue weighted by molar-refractivity contribution is 0.0934. The molecule has 2 aromatic rings. The first kappa shape index (κ1) is 14.9. The zero-order chi connectivity index (χ0) is 14.5. The second-order valence-corrected chi connectivity index (χ2v) is 5.66. The second kappa shape index (κ2) is 6.81. The first-order chi connectivity index (χ1) is 9.61. The molecule has 2 heterocycles. The van der Waals surface area contributed by atoms with Crippen molar-refractivity contribution in [3.63, 3.8) is 0 Å². The van der Waals surface area contributed by atoms with Crippen molar-refractivity contribution in [2.24, 2.45) is 0 Å². The van der Waals surface area contributed by atoms with Crippen LogP contribution in [0.4, 0.5) is 4.39 Å². The summed E-state index contributed by atoms with van der Waals surface area (Å²) in [5.41, 5.74) is 0.0596. The third kappa shape index (κ3) is 3.55. The number of carbonyl (C=O) groups is 1. The SMILES string of the molecule is CCCC(NC(=O)c1cc(F)cnc1Cl)c1cccs1. The van der Waals surface area contributed by atoms with Crippen LogP contribution in [-0.4, -0.2) is 10.9 Å². The van der Waals surface area contributed by atoms with E-state index in [0.717, 1.165) is 30.0 Å². The summed E-state index contributed by atoms with van der Waals surface area (Å²) >= 11 is 7.42. The van der Waals surface area contributed by atoms with Crippen LogP contribution in [0.3, 0.4) is 0 Å². The fraction of sp³-hybridized carbons (Fsp3) is 0.286. The zero-order valence-corrected chi connectivity index (χ0v) is 12.5. The molecule has 0 aliphatic carbocycles. The molecule has 2 rings (SSSR count). The summed E-state index contributed by atoms with van der Waals surface area (Å²) in [6.45, 7) is 2.05. The Balaban J connectivity index is 2.18. The molecule has 20 heavy (non-hydrogen) atoms. The Morgan fingerprint density at radius 3 is 3.05 bits per heavy atom. The monoisotopic (exact) mass is 312 g/mol. The van der Waals surface area contributed by atoms with E-state index in [1.165, 1.54) is 0 Å². The number of pyridine rings is 1. The van der Waals surface area contributed by atoms with Crippen molar-refractivity contribution in [1.82, 2.24) is 10.3 Å². The first-order valence-electron chi connectivity index (χ1n) is 6.27. The fourth-order valence-electron chi connectivity index (χ4n) is 1.88. The normalized spacial score (nSPS) is 12.2. The second-order valence-electron chi connectivity index (χ2n) is 4.32. The number of amides is 1. The molecule has 1 amide bonds. The standard InChI is InChI=1S/C14H14ClFN2OS/c1-2-4-11(12-5-3-6-20-12)18-14(19)10-7-9(16)8-17-13(10)15/h3,5-8,11H,2,4H2,1H3,(H,18,19). The van der Waals surface area contributed by atoms with Gasteiger partial charge in [-0.2, -0.15) is 0 Å². The number of halogens is 2. The molecule has 0 aromatic carbocycles. The third-order valence-electron chi connectivity index (χ3n) is 2.82. The van der Waals surface area contributed by atoms with E-state index in [0.29, 0.717) is 0 Å². The van der Waals surface area contributed by atoms with Gasteiger partial charge in [0.2, 0.25) is 0 Å². The highest BCUT2D eigenvalue weighted by molar-refractivity contribution is 7.10. The maximum absolute atomic E-state index is 13.2. The maximum Gasteiger partial charge on any atom is 0.255 e. The number of carbonyl (C=O) groups excluding carboxylic acids is 1. The Hall–Kier alpha value is -1.46. The van der Waals surface area contributed by atoms with Gasteiger partial charge in [-0.15, -0.1) is 11.3 Å². The molecule has 6 heteroatoms. The van der Waals surface area contributed by atoms with Gasteiger partial charge in [0.25, 0.3) is 5.91 Å². The van der Waals surface area contributed by atoms with Gasteiger partial charge in [0.15, 0.2) is 0 Å². The Morgan fingerprint density at radius 2 is 2.40 bits per heavy atom. The lowest BCUT2D eigenvalue weighted by Gasteiger charge is -2.17. The molecule has 0 saturated heterocycles. The zero-order valence-electron chi connectivity index (χ0n) is 10.9. The summed E-state index contributed by atoms with van der Waals surface area (Å²) in [7, 11) is 0. The van der Waals surface area contributed by atoms with Crippen molar-refractivity contribution in [3.8, 4) is 0 Å². The van der Waals surface area contributed by atoms with Gasteiger partial charge in [-0.3, -0.25) is 4.79 Å². The van der Waals surface area contributed by atoms with E-state index < -0.39 is 11.7 Å². The van der Waals surface area contributed by atoms with Gasteiger partial charge in [0, 0.05) is 4.88 Å². The van der Waals surface area contributed by atoms with Crippen molar-refractivity contribution in [2.45, 2.75) is 25.8 Å². The molecule has 0 aliphatic heterocycles. The van der Waals surface area contributed by atoms with E-state index in [1.807, 2.05) is 24.4 Å². The van der Waals surface area contributed by atoms with Crippen molar-refractivity contribution in [3.05, 3.63) is 51.2 Å². The fourth-order valence-corrected chi connectivity index (χ4v) is 2.88. The van der Waals surface area contributed by atoms with Crippen molar-refractivity contribution in [2.75, 3.05) is 0 Å². The minimum atomic E-state index is -0.581. The molecule has 0 radical (unpaired) electrons. The van der Waals surface area contributed by atoms with Gasteiger partial charge in [-0.05, 0) is 23.9 Å². The lowest BCUT2D eigenvalue weighted by atomic mass is 10.1. The Bertz CT molecular complexity index is 589. The van der Waals surface area contributed by atoms with Gasteiger partial charge >= 0.3 is 0 Å². The Kier molecular flexibility index (Phi) is 5.09. The highest BCUT2D eigenvalue weighted by Gasteiger charge is 2.18. The average molecular weight is 313 g/mol. The van der Waals surface area contributed by atoms with Crippen molar-refractivity contribution < 1.29 is 9.18 Å². The molecule has 1 N–H and O–H groups in total. The van der Waals surface area contributed by atoms with E-state index in [9.17, 15) is 9.18 Å². The number of nitrogens with one attached hydrogen (secondary N) is 1.